The summed E-state index contributed by atoms with van der Waals surface area (Å²) in [6.45, 7) is 12.9. The van der Waals surface area contributed by atoms with Crippen LogP contribution < -0.4 is 5.32 Å². The van der Waals surface area contributed by atoms with Crippen molar-refractivity contribution in [3.8, 4) is 6.07 Å². The van der Waals surface area contributed by atoms with Gasteiger partial charge in [-0.05, 0) is 66.1 Å². The molecule has 0 aromatic carbocycles. The normalized spacial score (nSPS) is 15.1. The SMILES string of the molecule is CC(C)CCN(C)CCCC(C)(C#N)NC(C)C. The van der Waals surface area contributed by atoms with Crippen LogP contribution >= 0.6 is 0 Å². The van der Waals surface area contributed by atoms with E-state index in [0.29, 0.717) is 6.04 Å². The van der Waals surface area contributed by atoms with E-state index in [2.05, 4.69) is 51.0 Å². The Kier molecular flexibility index (Phi) is 8.22. The minimum atomic E-state index is -0.382. The molecule has 0 saturated heterocycles. The Morgan fingerprint density at radius 3 is 2.28 bits per heavy atom. The third kappa shape index (κ3) is 8.49. The van der Waals surface area contributed by atoms with Gasteiger partial charge in [0.25, 0.3) is 0 Å². The van der Waals surface area contributed by atoms with E-state index in [1.807, 2.05) is 6.92 Å². The Labute approximate surface area is 114 Å². The van der Waals surface area contributed by atoms with Crippen molar-refractivity contribution in [3.05, 3.63) is 0 Å². The number of nitriles is 1. The molecule has 0 bridgehead atoms. The lowest BCUT2D eigenvalue weighted by Crippen LogP contribution is -2.45. The summed E-state index contributed by atoms with van der Waals surface area (Å²) in [6.07, 6.45) is 3.22. The Balaban J connectivity index is 3.90. The zero-order valence-corrected chi connectivity index (χ0v) is 13.1. The highest BCUT2D eigenvalue weighted by Crippen LogP contribution is 2.13. The average molecular weight is 253 g/mol. The number of nitrogens with one attached hydrogen (secondary N) is 1. The summed E-state index contributed by atoms with van der Waals surface area (Å²) < 4.78 is 0. The lowest BCUT2D eigenvalue weighted by molar-refractivity contribution is 0.284. The molecular weight excluding hydrogens is 222 g/mol. The van der Waals surface area contributed by atoms with Crippen LogP contribution in [0.2, 0.25) is 0 Å². The van der Waals surface area contributed by atoms with Crippen molar-refractivity contribution in [3.63, 3.8) is 0 Å². The second-order valence-electron chi connectivity index (χ2n) is 6.33. The molecule has 0 spiro atoms. The highest BCUT2D eigenvalue weighted by Gasteiger charge is 2.23. The van der Waals surface area contributed by atoms with Crippen LogP contribution in [0, 0.1) is 17.2 Å². The summed E-state index contributed by atoms with van der Waals surface area (Å²) in [6, 6.07) is 2.76. The third-order valence-corrected chi connectivity index (χ3v) is 3.16. The fourth-order valence-electron chi connectivity index (χ4n) is 2.09. The van der Waals surface area contributed by atoms with E-state index < -0.39 is 0 Å². The van der Waals surface area contributed by atoms with Crippen LogP contribution in [0.25, 0.3) is 0 Å². The first-order valence-corrected chi connectivity index (χ1v) is 7.16. The third-order valence-electron chi connectivity index (χ3n) is 3.16. The first kappa shape index (κ1) is 17.4. The Hall–Kier alpha value is -0.590. The molecule has 1 unspecified atom stereocenters. The predicted molar refractivity (Wildman–Crippen MR) is 78.5 cm³/mol. The van der Waals surface area contributed by atoms with Crippen LogP contribution in [0.15, 0.2) is 0 Å². The van der Waals surface area contributed by atoms with Crippen molar-refractivity contribution < 1.29 is 0 Å². The quantitative estimate of drug-likeness (QED) is 0.686. The molecule has 0 rings (SSSR count). The Morgan fingerprint density at radius 2 is 1.83 bits per heavy atom. The molecule has 0 fully saturated rings. The molecule has 18 heavy (non-hydrogen) atoms. The minimum Gasteiger partial charge on any atom is -0.306 e. The zero-order valence-electron chi connectivity index (χ0n) is 13.1. The van der Waals surface area contributed by atoms with Crippen LogP contribution in [0.3, 0.4) is 0 Å². The number of hydrogen-bond acceptors (Lipinski definition) is 3. The van der Waals surface area contributed by atoms with E-state index in [1.165, 1.54) is 6.42 Å². The van der Waals surface area contributed by atoms with Crippen molar-refractivity contribution in [2.45, 2.75) is 65.5 Å². The molecule has 1 atom stereocenters. The molecule has 1 N–H and O–H groups in total. The van der Waals surface area contributed by atoms with Gasteiger partial charge in [-0.15, -0.1) is 0 Å². The molecule has 3 nitrogen and oxygen atoms in total. The van der Waals surface area contributed by atoms with Crippen molar-refractivity contribution in [2.24, 2.45) is 5.92 Å². The first-order chi connectivity index (χ1) is 8.29. The summed E-state index contributed by atoms with van der Waals surface area (Å²) in [5.74, 6) is 0.763. The van der Waals surface area contributed by atoms with Gasteiger partial charge in [0, 0.05) is 6.04 Å². The predicted octanol–water partition coefficient (Wildman–Crippen LogP) is 3.02. The minimum absolute atomic E-state index is 0.355. The zero-order chi connectivity index (χ0) is 14.2. The maximum atomic E-state index is 9.25. The highest BCUT2D eigenvalue weighted by atomic mass is 15.1. The van der Waals surface area contributed by atoms with Gasteiger partial charge in [-0.2, -0.15) is 5.26 Å². The Morgan fingerprint density at radius 1 is 1.22 bits per heavy atom. The van der Waals surface area contributed by atoms with Gasteiger partial charge in [0.1, 0.15) is 5.54 Å². The molecule has 0 aliphatic rings. The van der Waals surface area contributed by atoms with E-state index in [-0.39, 0.29) is 5.54 Å². The maximum absolute atomic E-state index is 9.25. The molecule has 0 aromatic heterocycles. The standard InChI is InChI=1S/C15H31N3/c1-13(2)8-11-18(6)10-7-9-15(5,12-16)17-14(3)4/h13-14,17H,7-11H2,1-6H3. The van der Waals surface area contributed by atoms with Gasteiger partial charge in [0.05, 0.1) is 6.07 Å². The van der Waals surface area contributed by atoms with Crippen molar-refractivity contribution in [1.29, 1.82) is 5.26 Å². The largest absolute Gasteiger partial charge is 0.306 e. The van der Waals surface area contributed by atoms with Crippen LogP contribution in [-0.2, 0) is 0 Å². The van der Waals surface area contributed by atoms with Gasteiger partial charge in [-0.1, -0.05) is 13.8 Å². The average Bonchev–Trinajstić information content (AvgIpc) is 2.25. The number of hydrogen-bond donors (Lipinski definition) is 1. The summed E-state index contributed by atoms with van der Waals surface area (Å²) in [4.78, 5) is 2.37. The van der Waals surface area contributed by atoms with Crippen LogP contribution in [0.4, 0.5) is 0 Å². The molecule has 0 aliphatic heterocycles. The van der Waals surface area contributed by atoms with Gasteiger partial charge in [0.2, 0.25) is 0 Å². The van der Waals surface area contributed by atoms with Crippen molar-refractivity contribution in [1.82, 2.24) is 10.2 Å². The fourth-order valence-corrected chi connectivity index (χ4v) is 2.09. The molecular formula is C15H31N3. The molecule has 0 saturated carbocycles. The van der Waals surface area contributed by atoms with Gasteiger partial charge in [-0.25, -0.2) is 0 Å². The summed E-state index contributed by atoms with van der Waals surface area (Å²) in [5.41, 5.74) is -0.382. The van der Waals surface area contributed by atoms with Gasteiger partial charge >= 0.3 is 0 Å². The molecule has 0 heterocycles. The first-order valence-electron chi connectivity index (χ1n) is 7.16. The van der Waals surface area contributed by atoms with Crippen molar-refractivity contribution >= 4 is 0 Å². The molecule has 106 valence electrons. The van der Waals surface area contributed by atoms with Crippen LogP contribution in [0.5, 0.6) is 0 Å². The summed E-state index contributed by atoms with van der Waals surface area (Å²) in [7, 11) is 2.17. The van der Waals surface area contributed by atoms with Gasteiger partial charge in [-0.3, -0.25) is 5.32 Å². The van der Waals surface area contributed by atoms with Gasteiger partial charge < -0.3 is 4.90 Å². The van der Waals surface area contributed by atoms with E-state index >= 15 is 0 Å². The molecule has 0 radical (unpaired) electrons. The molecule has 0 aromatic rings. The second-order valence-corrected chi connectivity index (χ2v) is 6.33. The van der Waals surface area contributed by atoms with E-state index in [4.69, 9.17) is 0 Å². The van der Waals surface area contributed by atoms with Crippen molar-refractivity contribution in [2.75, 3.05) is 20.1 Å². The number of rotatable bonds is 9. The maximum Gasteiger partial charge on any atom is 0.104 e. The highest BCUT2D eigenvalue weighted by molar-refractivity contribution is 5.04. The second kappa shape index (κ2) is 8.50. The topological polar surface area (TPSA) is 39.1 Å². The summed E-state index contributed by atoms with van der Waals surface area (Å²) >= 11 is 0. The van der Waals surface area contributed by atoms with E-state index in [9.17, 15) is 5.26 Å². The summed E-state index contributed by atoms with van der Waals surface area (Å²) in [5, 5.41) is 12.6. The number of nitrogens with zero attached hydrogens (tertiary/aromatic N) is 2. The van der Waals surface area contributed by atoms with Crippen LogP contribution in [0.1, 0.15) is 53.9 Å². The molecule has 3 heteroatoms. The van der Waals surface area contributed by atoms with E-state index in [1.54, 1.807) is 0 Å². The van der Waals surface area contributed by atoms with Gasteiger partial charge in [0.15, 0.2) is 0 Å². The lowest BCUT2D eigenvalue weighted by atomic mass is 9.96. The Bertz CT molecular complexity index is 255. The fraction of sp³-hybridized carbons (Fsp3) is 0.933. The van der Waals surface area contributed by atoms with Crippen LogP contribution in [-0.4, -0.2) is 36.6 Å². The lowest BCUT2D eigenvalue weighted by Gasteiger charge is -2.27. The monoisotopic (exact) mass is 253 g/mol. The molecule has 0 amide bonds. The molecule has 0 aliphatic carbocycles. The van der Waals surface area contributed by atoms with E-state index in [0.717, 1.165) is 31.8 Å². The smallest absolute Gasteiger partial charge is 0.104 e.